The van der Waals surface area contributed by atoms with Crippen molar-refractivity contribution >= 4 is 0 Å². The average molecular weight is 298 g/mol. The second-order valence-electron chi connectivity index (χ2n) is 6.63. The standard InChI is InChI=1S/C18H26N4/c1-14(2)21-10-6-9-17(11-21)18-19-13-20-22(18)12-16-8-5-4-7-15(16)3/h4-5,7-8,13-14,17H,6,9-12H2,1-3H3/t17-/m1/s1. The van der Waals surface area contributed by atoms with E-state index < -0.39 is 0 Å². The van der Waals surface area contributed by atoms with Crippen LogP contribution in [-0.4, -0.2) is 38.8 Å². The highest BCUT2D eigenvalue weighted by molar-refractivity contribution is 5.25. The predicted molar refractivity (Wildman–Crippen MR) is 89.0 cm³/mol. The van der Waals surface area contributed by atoms with Crippen molar-refractivity contribution in [2.24, 2.45) is 0 Å². The first-order valence-corrected chi connectivity index (χ1v) is 8.31. The molecule has 0 radical (unpaired) electrons. The summed E-state index contributed by atoms with van der Waals surface area (Å²) in [5, 5.41) is 4.48. The number of likely N-dealkylation sites (tertiary alicyclic amines) is 1. The summed E-state index contributed by atoms with van der Waals surface area (Å²) in [6.07, 6.45) is 4.18. The zero-order valence-corrected chi connectivity index (χ0v) is 13.9. The van der Waals surface area contributed by atoms with Gasteiger partial charge in [-0.3, -0.25) is 0 Å². The van der Waals surface area contributed by atoms with Gasteiger partial charge in [0.1, 0.15) is 12.2 Å². The van der Waals surface area contributed by atoms with Crippen LogP contribution in [0.3, 0.4) is 0 Å². The molecule has 0 aliphatic carbocycles. The van der Waals surface area contributed by atoms with Gasteiger partial charge in [0, 0.05) is 18.5 Å². The van der Waals surface area contributed by atoms with E-state index in [1.54, 1.807) is 6.33 Å². The molecule has 1 atom stereocenters. The third-order valence-corrected chi connectivity index (χ3v) is 4.78. The van der Waals surface area contributed by atoms with E-state index >= 15 is 0 Å². The van der Waals surface area contributed by atoms with Crippen LogP contribution in [0.5, 0.6) is 0 Å². The van der Waals surface area contributed by atoms with E-state index in [2.05, 4.69) is 64.7 Å². The molecule has 1 aliphatic rings. The van der Waals surface area contributed by atoms with Gasteiger partial charge in [0.15, 0.2) is 0 Å². The topological polar surface area (TPSA) is 34.0 Å². The van der Waals surface area contributed by atoms with E-state index in [4.69, 9.17) is 0 Å². The highest BCUT2D eigenvalue weighted by Crippen LogP contribution is 2.27. The van der Waals surface area contributed by atoms with Gasteiger partial charge in [-0.15, -0.1) is 0 Å². The Hall–Kier alpha value is -1.68. The predicted octanol–water partition coefficient (Wildman–Crippen LogP) is 3.22. The Morgan fingerprint density at radius 1 is 1.27 bits per heavy atom. The number of nitrogens with zero attached hydrogens (tertiary/aromatic N) is 4. The number of piperidine rings is 1. The minimum absolute atomic E-state index is 0.502. The van der Waals surface area contributed by atoms with E-state index in [0.29, 0.717) is 12.0 Å². The van der Waals surface area contributed by atoms with Crippen molar-refractivity contribution in [3.05, 3.63) is 47.5 Å². The largest absolute Gasteiger partial charge is 0.300 e. The molecule has 1 aliphatic heterocycles. The number of aromatic nitrogens is 3. The molecule has 118 valence electrons. The maximum atomic E-state index is 4.58. The number of benzene rings is 1. The smallest absolute Gasteiger partial charge is 0.138 e. The number of hydrogen-bond acceptors (Lipinski definition) is 3. The molecule has 0 amide bonds. The second kappa shape index (κ2) is 6.61. The van der Waals surface area contributed by atoms with Crippen LogP contribution in [0.25, 0.3) is 0 Å². The molecule has 4 heteroatoms. The van der Waals surface area contributed by atoms with Gasteiger partial charge in [-0.25, -0.2) is 9.67 Å². The van der Waals surface area contributed by atoms with Crippen LogP contribution in [0.1, 0.15) is 49.6 Å². The number of rotatable bonds is 4. The Morgan fingerprint density at radius 2 is 2.09 bits per heavy atom. The third kappa shape index (κ3) is 3.22. The summed E-state index contributed by atoms with van der Waals surface area (Å²) in [6.45, 7) is 9.85. The van der Waals surface area contributed by atoms with Gasteiger partial charge in [-0.05, 0) is 51.3 Å². The van der Waals surface area contributed by atoms with Gasteiger partial charge in [-0.1, -0.05) is 24.3 Å². The maximum absolute atomic E-state index is 4.58. The summed E-state index contributed by atoms with van der Waals surface area (Å²) < 4.78 is 2.09. The van der Waals surface area contributed by atoms with Crippen molar-refractivity contribution in [2.75, 3.05) is 13.1 Å². The van der Waals surface area contributed by atoms with E-state index in [0.717, 1.165) is 18.9 Å². The molecular formula is C18H26N4. The molecule has 2 heterocycles. The zero-order valence-electron chi connectivity index (χ0n) is 13.9. The molecule has 4 nitrogen and oxygen atoms in total. The summed E-state index contributed by atoms with van der Waals surface area (Å²) in [6, 6.07) is 9.13. The molecular weight excluding hydrogens is 272 g/mol. The Bertz CT molecular complexity index is 617. The molecule has 0 N–H and O–H groups in total. The average Bonchev–Trinajstić information content (AvgIpc) is 2.98. The number of aryl methyl sites for hydroxylation is 1. The molecule has 22 heavy (non-hydrogen) atoms. The van der Waals surface area contributed by atoms with Gasteiger partial charge < -0.3 is 4.90 Å². The van der Waals surface area contributed by atoms with Crippen LogP contribution in [0.15, 0.2) is 30.6 Å². The summed E-state index contributed by atoms with van der Waals surface area (Å²) in [7, 11) is 0. The van der Waals surface area contributed by atoms with E-state index in [9.17, 15) is 0 Å². The lowest BCUT2D eigenvalue weighted by Crippen LogP contribution is -2.39. The van der Waals surface area contributed by atoms with E-state index in [1.165, 1.54) is 30.5 Å². The lowest BCUT2D eigenvalue weighted by atomic mass is 9.96. The molecule has 0 saturated carbocycles. The van der Waals surface area contributed by atoms with Crippen molar-refractivity contribution < 1.29 is 0 Å². The normalized spacial score (nSPS) is 19.7. The van der Waals surface area contributed by atoms with Crippen molar-refractivity contribution in [3.8, 4) is 0 Å². The maximum Gasteiger partial charge on any atom is 0.138 e. The monoisotopic (exact) mass is 298 g/mol. The van der Waals surface area contributed by atoms with Crippen LogP contribution in [0.4, 0.5) is 0 Å². The van der Waals surface area contributed by atoms with Crippen LogP contribution in [0, 0.1) is 6.92 Å². The molecule has 1 saturated heterocycles. The highest BCUT2D eigenvalue weighted by atomic mass is 15.3. The zero-order chi connectivity index (χ0) is 15.5. The van der Waals surface area contributed by atoms with Gasteiger partial charge in [-0.2, -0.15) is 5.10 Å². The molecule has 0 unspecified atom stereocenters. The fraction of sp³-hybridized carbons (Fsp3) is 0.556. The quantitative estimate of drug-likeness (QED) is 0.869. The summed E-state index contributed by atoms with van der Waals surface area (Å²) in [5.41, 5.74) is 2.64. The Labute approximate surface area is 133 Å². The summed E-state index contributed by atoms with van der Waals surface area (Å²) in [5.74, 6) is 1.65. The van der Waals surface area contributed by atoms with Gasteiger partial charge in [0.05, 0.1) is 6.54 Å². The highest BCUT2D eigenvalue weighted by Gasteiger charge is 2.26. The van der Waals surface area contributed by atoms with Gasteiger partial charge in [0.2, 0.25) is 0 Å². The van der Waals surface area contributed by atoms with Crippen molar-refractivity contribution in [1.29, 1.82) is 0 Å². The third-order valence-electron chi connectivity index (χ3n) is 4.78. The molecule has 1 aromatic carbocycles. The van der Waals surface area contributed by atoms with Crippen LogP contribution in [-0.2, 0) is 6.54 Å². The first-order chi connectivity index (χ1) is 10.6. The van der Waals surface area contributed by atoms with E-state index in [1.807, 2.05) is 0 Å². The lowest BCUT2D eigenvalue weighted by Gasteiger charge is -2.35. The minimum Gasteiger partial charge on any atom is -0.300 e. The fourth-order valence-corrected chi connectivity index (χ4v) is 3.35. The molecule has 2 aromatic rings. The first-order valence-electron chi connectivity index (χ1n) is 8.31. The SMILES string of the molecule is Cc1ccccc1Cn1ncnc1[C@@H]1CCCN(C(C)C)C1. The molecule has 1 fully saturated rings. The molecule has 0 spiro atoms. The Morgan fingerprint density at radius 3 is 2.86 bits per heavy atom. The molecule has 3 rings (SSSR count). The van der Waals surface area contributed by atoms with Crippen molar-refractivity contribution in [2.45, 2.75) is 52.1 Å². The summed E-state index contributed by atoms with van der Waals surface area (Å²) >= 11 is 0. The molecule has 0 bridgehead atoms. The van der Waals surface area contributed by atoms with Crippen molar-refractivity contribution in [1.82, 2.24) is 19.7 Å². The van der Waals surface area contributed by atoms with Crippen LogP contribution in [0.2, 0.25) is 0 Å². The fourth-order valence-electron chi connectivity index (χ4n) is 3.35. The summed E-state index contributed by atoms with van der Waals surface area (Å²) in [4.78, 5) is 7.14. The van der Waals surface area contributed by atoms with Crippen LogP contribution >= 0.6 is 0 Å². The number of hydrogen-bond donors (Lipinski definition) is 0. The lowest BCUT2D eigenvalue weighted by molar-refractivity contribution is 0.163. The molecule has 1 aromatic heterocycles. The first kappa shape index (κ1) is 15.2. The minimum atomic E-state index is 0.502. The Balaban J connectivity index is 1.79. The van der Waals surface area contributed by atoms with Crippen molar-refractivity contribution in [3.63, 3.8) is 0 Å². The van der Waals surface area contributed by atoms with Gasteiger partial charge >= 0.3 is 0 Å². The van der Waals surface area contributed by atoms with E-state index in [-0.39, 0.29) is 0 Å². The Kier molecular flexibility index (Phi) is 4.57. The van der Waals surface area contributed by atoms with Crippen LogP contribution < -0.4 is 0 Å². The van der Waals surface area contributed by atoms with Gasteiger partial charge in [0.25, 0.3) is 0 Å². The second-order valence-corrected chi connectivity index (χ2v) is 6.63.